The van der Waals surface area contributed by atoms with E-state index in [1.54, 1.807) is 11.9 Å². The maximum Gasteiger partial charge on any atom is 0.323 e. The zero-order valence-electron chi connectivity index (χ0n) is 11.3. The van der Waals surface area contributed by atoms with Gasteiger partial charge in [0.15, 0.2) is 0 Å². The number of nitrogens with zero attached hydrogens (tertiary/aromatic N) is 2. The molecule has 5 nitrogen and oxygen atoms in total. The van der Waals surface area contributed by atoms with Gasteiger partial charge in [-0.1, -0.05) is 20.8 Å². The zero-order chi connectivity index (χ0) is 13.4. The number of aliphatic carboxylic acids is 1. The number of rotatable bonds is 7. The molecule has 5 heteroatoms. The van der Waals surface area contributed by atoms with Gasteiger partial charge in [0.25, 0.3) is 0 Å². The molecule has 0 aromatic heterocycles. The van der Waals surface area contributed by atoms with Gasteiger partial charge in [-0.15, -0.1) is 0 Å². The number of carbonyl (C=O) groups excluding carboxylic acids is 1. The van der Waals surface area contributed by atoms with Gasteiger partial charge in [-0.2, -0.15) is 0 Å². The SMILES string of the molecule is CCCN(CC(=O)O)C(=O)N(C)CCC(C)C. The van der Waals surface area contributed by atoms with Crippen LogP contribution in [0.15, 0.2) is 0 Å². The lowest BCUT2D eigenvalue weighted by molar-refractivity contribution is -0.137. The van der Waals surface area contributed by atoms with Crippen LogP contribution in [0.3, 0.4) is 0 Å². The van der Waals surface area contributed by atoms with Crippen LogP contribution in [-0.2, 0) is 4.79 Å². The van der Waals surface area contributed by atoms with Crippen LogP contribution in [0.25, 0.3) is 0 Å². The molecule has 0 aliphatic carbocycles. The molecule has 0 atom stereocenters. The first-order valence-corrected chi connectivity index (χ1v) is 6.10. The molecule has 100 valence electrons. The van der Waals surface area contributed by atoms with Gasteiger partial charge in [0, 0.05) is 20.1 Å². The smallest absolute Gasteiger partial charge is 0.323 e. The standard InChI is InChI=1S/C12H24N2O3/c1-5-7-14(9-11(15)16)12(17)13(4)8-6-10(2)3/h10H,5-9H2,1-4H3,(H,15,16). The summed E-state index contributed by atoms with van der Waals surface area (Å²) in [7, 11) is 1.72. The minimum atomic E-state index is -0.968. The van der Waals surface area contributed by atoms with Gasteiger partial charge in [-0.3, -0.25) is 4.79 Å². The first-order chi connectivity index (χ1) is 7.88. The van der Waals surface area contributed by atoms with Gasteiger partial charge >= 0.3 is 12.0 Å². The maximum absolute atomic E-state index is 12.0. The van der Waals surface area contributed by atoms with Crippen molar-refractivity contribution >= 4 is 12.0 Å². The monoisotopic (exact) mass is 244 g/mol. The highest BCUT2D eigenvalue weighted by Gasteiger charge is 2.19. The first-order valence-electron chi connectivity index (χ1n) is 6.10. The second-order valence-electron chi connectivity index (χ2n) is 4.70. The van der Waals surface area contributed by atoms with E-state index in [2.05, 4.69) is 13.8 Å². The average Bonchev–Trinajstić information content (AvgIpc) is 2.23. The molecule has 0 fully saturated rings. The molecule has 0 aliphatic heterocycles. The Bertz CT molecular complexity index is 254. The van der Waals surface area contributed by atoms with Crippen LogP contribution >= 0.6 is 0 Å². The van der Waals surface area contributed by atoms with Crippen molar-refractivity contribution in [3.05, 3.63) is 0 Å². The van der Waals surface area contributed by atoms with Crippen molar-refractivity contribution in [3.63, 3.8) is 0 Å². The highest BCUT2D eigenvalue weighted by atomic mass is 16.4. The molecule has 0 aliphatic rings. The fourth-order valence-corrected chi connectivity index (χ4v) is 1.46. The van der Waals surface area contributed by atoms with Crippen molar-refractivity contribution in [2.75, 3.05) is 26.7 Å². The van der Waals surface area contributed by atoms with Gasteiger partial charge < -0.3 is 14.9 Å². The van der Waals surface area contributed by atoms with Crippen LogP contribution in [0.1, 0.15) is 33.6 Å². The van der Waals surface area contributed by atoms with Gasteiger partial charge in [0.2, 0.25) is 0 Å². The molecular weight excluding hydrogens is 220 g/mol. The van der Waals surface area contributed by atoms with Gasteiger partial charge in [-0.25, -0.2) is 4.79 Å². The van der Waals surface area contributed by atoms with Crippen molar-refractivity contribution in [2.45, 2.75) is 33.6 Å². The number of hydrogen-bond donors (Lipinski definition) is 1. The predicted octanol–water partition coefficient (Wildman–Crippen LogP) is 1.88. The van der Waals surface area contributed by atoms with E-state index in [9.17, 15) is 9.59 Å². The number of amides is 2. The summed E-state index contributed by atoms with van der Waals surface area (Å²) in [5.74, 6) is -0.437. The zero-order valence-corrected chi connectivity index (χ0v) is 11.3. The van der Waals surface area contributed by atoms with E-state index in [1.807, 2.05) is 6.92 Å². The van der Waals surface area contributed by atoms with Crippen molar-refractivity contribution in [3.8, 4) is 0 Å². The molecule has 17 heavy (non-hydrogen) atoms. The van der Waals surface area contributed by atoms with E-state index in [1.165, 1.54) is 4.90 Å². The fourth-order valence-electron chi connectivity index (χ4n) is 1.46. The Morgan fingerprint density at radius 1 is 1.24 bits per heavy atom. The van der Waals surface area contributed by atoms with Crippen LogP contribution in [-0.4, -0.2) is 53.6 Å². The normalized spacial score (nSPS) is 10.4. The van der Waals surface area contributed by atoms with Crippen LogP contribution in [0.2, 0.25) is 0 Å². The Morgan fingerprint density at radius 2 is 1.82 bits per heavy atom. The third-order valence-electron chi connectivity index (χ3n) is 2.46. The summed E-state index contributed by atoms with van der Waals surface area (Å²) in [6, 6.07) is -0.199. The van der Waals surface area contributed by atoms with E-state index in [-0.39, 0.29) is 12.6 Å². The maximum atomic E-state index is 12.0. The van der Waals surface area contributed by atoms with E-state index >= 15 is 0 Å². The first kappa shape index (κ1) is 15.7. The second kappa shape index (κ2) is 7.92. The Morgan fingerprint density at radius 3 is 2.24 bits per heavy atom. The van der Waals surface area contributed by atoms with Crippen molar-refractivity contribution < 1.29 is 14.7 Å². The molecule has 0 heterocycles. The Labute approximate surface area is 103 Å². The molecule has 0 saturated heterocycles. The van der Waals surface area contributed by atoms with Crippen molar-refractivity contribution in [2.24, 2.45) is 5.92 Å². The summed E-state index contributed by atoms with van der Waals surface area (Å²) in [5, 5.41) is 8.75. The summed E-state index contributed by atoms with van der Waals surface area (Å²) in [4.78, 5) is 25.6. The lowest BCUT2D eigenvalue weighted by Gasteiger charge is -2.27. The van der Waals surface area contributed by atoms with E-state index in [4.69, 9.17) is 5.11 Å². The van der Waals surface area contributed by atoms with Crippen LogP contribution in [0.5, 0.6) is 0 Å². The van der Waals surface area contributed by atoms with Crippen molar-refractivity contribution in [1.82, 2.24) is 9.80 Å². The average molecular weight is 244 g/mol. The quantitative estimate of drug-likeness (QED) is 0.744. The number of carboxylic acid groups (broad SMARTS) is 1. The van der Waals surface area contributed by atoms with E-state index in [0.717, 1.165) is 12.8 Å². The molecule has 0 radical (unpaired) electrons. The molecule has 1 N–H and O–H groups in total. The van der Waals surface area contributed by atoms with Crippen LogP contribution in [0, 0.1) is 5.92 Å². The number of carboxylic acids is 1. The minimum Gasteiger partial charge on any atom is -0.480 e. The molecule has 2 amide bonds. The van der Waals surface area contributed by atoms with Gasteiger partial charge in [0.1, 0.15) is 6.54 Å². The second-order valence-corrected chi connectivity index (χ2v) is 4.70. The van der Waals surface area contributed by atoms with Gasteiger partial charge in [-0.05, 0) is 18.8 Å². The molecule has 0 spiro atoms. The fraction of sp³-hybridized carbons (Fsp3) is 0.833. The lowest BCUT2D eigenvalue weighted by Crippen LogP contribution is -2.44. The summed E-state index contributed by atoms with van der Waals surface area (Å²) >= 11 is 0. The number of hydrogen-bond acceptors (Lipinski definition) is 2. The predicted molar refractivity (Wildman–Crippen MR) is 67.0 cm³/mol. The number of urea groups is 1. The molecular formula is C12H24N2O3. The number of carbonyl (C=O) groups is 2. The van der Waals surface area contributed by atoms with Crippen LogP contribution < -0.4 is 0 Å². The summed E-state index contributed by atoms with van der Waals surface area (Å²) in [6.45, 7) is 7.04. The molecule has 0 bridgehead atoms. The Balaban J connectivity index is 4.32. The highest BCUT2D eigenvalue weighted by Crippen LogP contribution is 2.04. The van der Waals surface area contributed by atoms with Gasteiger partial charge in [0.05, 0.1) is 0 Å². The molecule has 0 unspecified atom stereocenters. The third-order valence-corrected chi connectivity index (χ3v) is 2.46. The summed E-state index contributed by atoms with van der Waals surface area (Å²) < 4.78 is 0. The third kappa shape index (κ3) is 6.81. The lowest BCUT2D eigenvalue weighted by atomic mass is 10.1. The Kier molecular flexibility index (Phi) is 7.34. The topological polar surface area (TPSA) is 60.9 Å². The minimum absolute atomic E-state index is 0.199. The highest BCUT2D eigenvalue weighted by molar-refractivity contribution is 5.80. The van der Waals surface area contributed by atoms with E-state index < -0.39 is 5.97 Å². The molecule has 0 aromatic rings. The molecule has 0 rings (SSSR count). The summed E-state index contributed by atoms with van der Waals surface area (Å²) in [5.41, 5.74) is 0. The molecule has 0 saturated carbocycles. The van der Waals surface area contributed by atoms with Crippen molar-refractivity contribution in [1.29, 1.82) is 0 Å². The Hall–Kier alpha value is -1.26. The largest absolute Gasteiger partial charge is 0.480 e. The summed E-state index contributed by atoms with van der Waals surface area (Å²) in [6.07, 6.45) is 1.69. The van der Waals surface area contributed by atoms with E-state index in [0.29, 0.717) is 19.0 Å². The molecule has 0 aromatic carbocycles. The van der Waals surface area contributed by atoms with Crippen LogP contribution in [0.4, 0.5) is 4.79 Å².